The van der Waals surface area contributed by atoms with Crippen molar-refractivity contribution in [1.29, 1.82) is 0 Å². The van der Waals surface area contributed by atoms with Gasteiger partial charge in [0.2, 0.25) is 5.91 Å². The number of anilines is 3. The molecule has 0 radical (unpaired) electrons. The normalized spacial score (nSPS) is 15.5. The molecule has 1 saturated heterocycles. The molecule has 5 nitrogen and oxygen atoms in total. The van der Waals surface area contributed by atoms with Crippen LogP contribution in [0.3, 0.4) is 0 Å². The van der Waals surface area contributed by atoms with Crippen LogP contribution in [0.25, 0.3) is 0 Å². The summed E-state index contributed by atoms with van der Waals surface area (Å²) in [6.07, 6.45) is 0. The van der Waals surface area contributed by atoms with Crippen LogP contribution in [0, 0.1) is 0 Å². The average molecular weight is 360 g/mol. The Labute approximate surface area is 152 Å². The van der Waals surface area contributed by atoms with Crippen molar-refractivity contribution in [3.8, 4) is 0 Å². The highest BCUT2D eigenvalue weighted by molar-refractivity contribution is 6.30. The van der Waals surface area contributed by atoms with Gasteiger partial charge in [-0.15, -0.1) is 0 Å². The second-order valence-corrected chi connectivity index (χ2v) is 6.44. The lowest BCUT2D eigenvalue weighted by Gasteiger charge is -2.29. The van der Waals surface area contributed by atoms with Crippen LogP contribution in [-0.2, 0) is 9.53 Å². The maximum absolute atomic E-state index is 12.3. The molecule has 25 heavy (non-hydrogen) atoms. The quantitative estimate of drug-likeness (QED) is 0.856. The molecule has 6 heteroatoms. The fourth-order valence-corrected chi connectivity index (χ4v) is 2.82. The number of carbonyl (C=O) groups excluding carboxylic acids is 1. The van der Waals surface area contributed by atoms with E-state index in [0.717, 1.165) is 43.4 Å². The number of halogens is 1. The molecule has 2 N–H and O–H groups in total. The average Bonchev–Trinajstić information content (AvgIpc) is 2.65. The topological polar surface area (TPSA) is 53.6 Å². The Morgan fingerprint density at radius 1 is 1.04 bits per heavy atom. The van der Waals surface area contributed by atoms with Gasteiger partial charge in [0.25, 0.3) is 0 Å². The Bertz CT molecular complexity index is 698. The molecule has 0 aromatic heterocycles. The number of nitrogens with zero attached hydrogens (tertiary/aromatic N) is 1. The van der Waals surface area contributed by atoms with Crippen LogP contribution in [-0.4, -0.2) is 38.3 Å². The standard InChI is InChI=1S/C19H22ClN3O2/c1-14(21-16-4-2-15(20)3-5-16)19(24)22-17-6-8-18(9-7-17)23-10-12-25-13-11-23/h2-9,14,21H,10-13H2,1H3,(H,22,24). The molecule has 2 aromatic carbocycles. The van der Waals surface area contributed by atoms with Crippen molar-refractivity contribution < 1.29 is 9.53 Å². The second-order valence-electron chi connectivity index (χ2n) is 6.01. The molecule has 2 aromatic rings. The first kappa shape index (κ1) is 17.6. The van der Waals surface area contributed by atoms with E-state index < -0.39 is 0 Å². The lowest BCUT2D eigenvalue weighted by atomic mass is 10.2. The number of ether oxygens (including phenoxy) is 1. The van der Waals surface area contributed by atoms with E-state index in [1.54, 1.807) is 12.1 Å². The van der Waals surface area contributed by atoms with E-state index in [1.807, 2.05) is 43.3 Å². The third-order valence-electron chi connectivity index (χ3n) is 4.13. The van der Waals surface area contributed by atoms with Crippen molar-refractivity contribution in [2.24, 2.45) is 0 Å². The fourth-order valence-electron chi connectivity index (χ4n) is 2.69. The van der Waals surface area contributed by atoms with Gasteiger partial charge >= 0.3 is 0 Å². The minimum Gasteiger partial charge on any atom is -0.378 e. The number of amides is 1. The largest absolute Gasteiger partial charge is 0.378 e. The third-order valence-corrected chi connectivity index (χ3v) is 4.38. The number of rotatable bonds is 5. The SMILES string of the molecule is CC(Nc1ccc(Cl)cc1)C(=O)Nc1ccc(N2CCOCC2)cc1. The number of hydrogen-bond acceptors (Lipinski definition) is 4. The van der Waals surface area contributed by atoms with Crippen molar-refractivity contribution in [2.45, 2.75) is 13.0 Å². The van der Waals surface area contributed by atoms with Crippen molar-refractivity contribution in [1.82, 2.24) is 0 Å². The molecule has 1 amide bonds. The van der Waals surface area contributed by atoms with Gasteiger partial charge in [-0.25, -0.2) is 0 Å². The molecule has 3 rings (SSSR count). The summed E-state index contributed by atoms with van der Waals surface area (Å²) in [4.78, 5) is 14.6. The lowest BCUT2D eigenvalue weighted by Crippen LogP contribution is -2.36. The van der Waals surface area contributed by atoms with Crippen molar-refractivity contribution in [3.05, 3.63) is 53.6 Å². The third kappa shape index (κ3) is 4.87. The van der Waals surface area contributed by atoms with E-state index in [2.05, 4.69) is 15.5 Å². The van der Waals surface area contributed by atoms with E-state index in [1.165, 1.54) is 0 Å². The predicted molar refractivity (Wildman–Crippen MR) is 103 cm³/mol. The molecule has 132 valence electrons. The summed E-state index contributed by atoms with van der Waals surface area (Å²) in [5.74, 6) is -0.0888. The molecule has 1 unspecified atom stereocenters. The maximum Gasteiger partial charge on any atom is 0.246 e. The molecule has 1 heterocycles. The van der Waals surface area contributed by atoms with Gasteiger partial charge in [0, 0.05) is 35.2 Å². The maximum atomic E-state index is 12.3. The van der Waals surface area contributed by atoms with E-state index in [4.69, 9.17) is 16.3 Å². The van der Waals surface area contributed by atoms with Gasteiger partial charge in [0.1, 0.15) is 6.04 Å². The molecule has 1 aliphatic heterocycles. The van der Waals surface area contributed by atoms with Crippen LogP contribution < -0.4 is 15.5 Å². The summed E-state index contributed by atoms with van der Waals surface area (Å²) in [5, 5.41) is 6.76. The molecule has 0 saturated carbocycles. The van der Waals surface area contributed by atoms with Gasteiger partial charge < -0.3 is 20.3 Å². The van der Waals surface area contributed by atoms with Gasteiger partial charge in [-0.2, -0.15) is 0 Å². The monoisotopic (exact) mass is 359 g/mol. The highest BCUT2D eigenvalue weighted by Gasteiger charge is 2.14. The minimum atomic E-state index is -0.361. The molecular weight excluding hydrogens is 338 g/mol. The number of nitrogens with one attached hydrogen (secondary N) is 2. The summed E-state index contributed by atoms with van der Waals surface area (Å²) >= 11 is 5.87. The molecule has 1 atom stereocenters. The highest BCUT2D eigenvalue weighted by Crippen LogP contribution is 2.19. The predicted octanol–water partition coefficient (Wildman–Crippen LogP) is 3.62. The molecule has 0 aliphatic carbocycles. The van der Waals surface area contributed by atoms with E-state index in [0.29, 0.717) is 5.02 Å². The Morgan fingerprint density at radius 2 is 1.64 bits per heavy atom. The summed E-state index contributed by atoms with van der Waals surface area (Å²) in [5.41, 5.74) is 2.79. The number of carbonyl (C=O) groups is 1. The summed E-state index contributed by atoms with van der Waals surface area (Å²) < 4.78 is 5.37. The number of hydrogen-bond donors (Lipinski definition) is 2. The van der Waals surface area contributed by atoms with Gasteiger partial charge in [-0.3, -0.25) is 4.79 Å². The summed E-state index contributed by atoms with van der Waals surface area (Å²) in [7, 11) is 0. The molecule has 1 aliphatic rings. The molecule has 0 spiro atoms. The summed E-state index contributed by atoms with van der Waals surface area (Å²) in [6, 6.07) is 14.8. The van der Waals surface area contributed by atoms with E-state index >= 15 is 0 Å². The second kappa shape index (κ2) is 8.23. The zero-order valence-electron chi connectivity index (χ0n) is 14.2. The Balaban J connectivity index is 1.55. The first-order valence-corrected chi connectivity index (χ1v) is 8.75. The van der Waals surface area contributed by atoms with Crippen LogP contribution in [0.2, 0.25) is 5.02 Å². The van der Waals surface area contributed by atoms with Crippen LogP contribution >= 0.6 is 11.6 Å². The smallest absolute Gasteiger partial charge is 0.246 e. The van der Waals surface area contributed by atoms with Crippen molar-refractivity contribution >= 4 is 34.6 Å². The highest BCUT2D eigenvalue weighted by atomic mass is 35.5. The minimum absolute atomic E-state index is 0.0888. The van der Waals surface area contributed by atoms with Gasteiger partial charge in [-0.1, -0.05) is 11.6 Å². The fraction of sp³-hybridized carbons (Fsp3) is 0.316. The van der Waals surface area contributed by atoms with Gasteiger partial charge in [-0.05, 0) is 55.5 Å². The Kier molecular flexibility index (Phi) is 5.79. The zero-order valence-corrected chi connectivity index (χ0v) is 14.9. The van der Waals surface area contributed by atoms with Gasteiger partial charge in [0.05, 0.1) is 13.2 Å². The first-order chi connectivity index (χ1) is 12.1. The summed E-state index contributed by atoms with van der Waals surface area (Å²) in [6.45, 7) is 5.13. The van der Waals surface area contributed by atoms with Crippen LogP contribution in [0.1, 0.15) is 6.92 Å². The molecule has 0 bridgehead atoms. The Morgan fingerprint density at radius 3 is 2.28 bits per heavy atom. The Hall–Kier alpha value is -2.24. The van der Waals surface area contributed by atoms with E-state index in [9.17, 15) is 4.79 Å². The number of morpholine rings is 1. The van der Waals surface area contributed by atoms with Gasteiger partial charge in [0.15, 0.2) is 0 Å². The van der Waals surface area contributed by atoms with Crippen molar-refractivity contribution in [2.75, 3.05) is 41.8 Å². The van der Waals surface area contributed by atoms with Crippen LogP contribution in [0.15, 0.2) is 48.5 Å². The first-order valence-electron chi connectivity index (χ1n) is 8.37. The van der Waals surface area contributed by atoms with Crippen molar-refractivity contribution in [3.63, 3.8) is 0 Å². The van der Waals surface area contributed by atoms with Crippen LogP contribution in [0.5, 0.6) is 0 Å². The zero-order chi connectivity index (χ0) is 17.6. The van der Waals surface area contributed by atoms with Crippen LogP contribution in [0.4, 0.5) is 17.1 Å². The lowest BCUT2D eigenvalue weighted by molar-refractivity contribution is -0.116. The number of benzene rings is 2. The molecule has 1 fully saturated rings. The van der Waals surface area contributed by atoms with E-state index in [-0.39, 0.29) is 11.9 Å². The molecular formula is C19H22ClN3O2.